The van der Waals surface area contributed by atoms with E-state index < -0.39 is 0 Å². The van der Waals surface area contributed by atoms with E-state index in [1.54, 1.807) is 0 Å². The van der Waals surface area contributed by atoms with Gasteiger partial charge in [0, 0.05) is 19.8 Å². The van der Waals surface area contributed by atoms with Crippen LogP contribution in [0.15, 0.2) is 81.7 Å². The Morgan fingerprint density at radius 2 is 0.889 bits per heavy atom. The van der Waals surface area contributed by atoms with Crippen LogP contribution in [-0.4, -0.2) is 0 Å². The molecule has 6 aromatic carbocycles. The normalized spacial score (nSPS) is 16.5. The van der Waals surface area contributed by atoms with Gasteiger partial charge in [-0.3, -0.25) is 0 Å². The van der Waals surface area contributed by atoms with Gasteiger partial charge in [0.1, 0.15) is 0 Å². The van der Waals surface area contributed by atoms with E-state index in [0.717, 1.165) is 8.95 Å². The summed E-state index contributed by atoms with van der Waals surface area (Å²) in [5, 5.41) is 8.25. The zero-order chi connectivity index (χ0) is 24.7. The van der Waals surface area contributed by atoms with E-state index in [9.17, 15) is 0 Å². The summed E-state index contributed by atoms with van der Waals surface area (Å²) in [4.78, 5) is 0. The summed E-state index contributed by atoms with van der Waals surface area (Å²) in [6.45, 7) is 9.47. The van der Waals surface area contributed by atoms with Crippen LogP contribution in [0, 0.1) is 0 Å². The lowest BCUT2D eigenvalue weighted by Gasteiger charge is -2.24. The molecule has 0 radical (unpaired) electrons. The number of benzene rings is 6. The Morgan fingerprint density at radius 1 is 0.472 bits per heavy atom. The molecule has 0 saturated heterocycles. The smallest absolute Gasteiger partial charge is 0.0178 e. The average molecular weight is 592 g/mol. The average Bonchev–Trinajstić information content (AvgIpc) is 3.21. The number of hydrogen-bond acceptors (Lipinski definition) is 0. The minimum Gasteiger partial charge on any atom is -0.0537 e. The second-order valence-electron chi connectivity index (χ2n) is 11.7. The fourth-order valence-corrected chi connectivity index (χ4v) is 8.03. The van der Waals surface area contributed by atoms with Crippen LogP contribution < -0.4 is 0 Å². The first kappa shape index (κ1) is 21.4. The van der Waals surface area contributed by atoms with Crippen molar-refractivity contribution >= 4 is 64.2 Å². The monoisotopic (exact) mass is 590 g/mol. The SMILES string of the molecule is CC1(C)c2cc(Br)ccc2-c2c1cc1ccc3c4c(cc5ccc2c1c53)C(C)(C)c1cc(Br)ccc1-4. The van der Waals surface area contributed by atoms with Crippen LogP contribution in [0.4, 0.5) is 0 Å². The van der Waals surface area contributed by atoms with Crippen molar-refractivity contribution in [2.45, 2.75) is 38.5 Å². The van der Waals surface area contributed by atoms with Crippen molar-refractivity contribution in [3.8, 4) is 22.3 Å². The summed E-state index contributed by atoms with van der Waals surface area (Å²) < 4.78 is 2.29. The Kier molecular flexibility index (Phi) is 3.92. The van der Waals surface area contributed by atoms with Gasteiger partial charge in [-0.2, -0.15) is 0 Å². The predicted molar refractivity (Wildman–Crippen MR) is 161 cm³/mol. The van der Waals surface area contributed by atoms with Crippen LogP contribution in [0.25, 0.3) is 54.6 Å². The van der Waals surface area contributed by atoms with Crippen LogP contribution in [0.5, 0.6) is 0 Å². The Hall–Kier alpha value is -2.68. The molecule has 0 fully saturated rings. The highest BCUT2D eigenvalue weighted by atomic mass is 79.9. The van der Waals surface area contributed by atoms with E-state index in [4.69, 9.17) is 0 Å². The van der Waals surface area contributed by atoms with Crippen molar-refractivity contribution in [2.75, 3.05) is 0 Å². The first-order chi connectivity index (χ1) is 17.2. The summed E-state index contributed by atoms with van der Waals surface area (Å²) in [5.41, 5.74) is 11.2. The number of halogens is 2. The minimum atomic E-state index is -0.0313. The van der Waals surface area contributed by atoms with Gasteiger partial charge in [0.05, 0.1) is 0 Å². The molecule has 36 heavy (non-hydrogen) atoms. The van der Waals surface area contributed by atoms with Crippen molar-refractivity contribution in [1.29, 1.82) is 0 Å². The van der Waals surface area contributed by atoms with E-state index in [2.05, 4.69) is 132 Å². The maximum absolute atomic E-state index is 3.72. The van der Waals surface area contributed by atoms with Crippen LogP contribution in [0.3, 0.4) is 0 Å². The molecule has 0 nitrogen and oxygen atoms in total. The molecule has 2 aliphatic carbocycles. The molecule has 0 saturated carbocycles. The fraction of sp³-hybridized carbons (Fsp3) is 0.176. The van der Waals surface area contributed by atoms with Crippen molar-refractivity contribution in [3.63, 3.8) is 0 Å². The zero-order valence-electron chi connectivity index (χ0n) is 20.7. The molecule has 174 valence electrons. The van der Waals surface area contributed by atoms with Crippen molar-refractivity contribution in [2.24, 2.45) is 0 Å². The molecule has 0 aliphatic heterocycles. The highest BCUT2D eigenvalue weighted by Gasteiger charge is 2.39. The Labute approximate surface area is 227 Å². The van der Waals surface area contributed by atoms with E-state index in [-0.39, 0.29) is 10.8 Å². The van der Waals surface area contributed by atoms with Crippen LogP contribution in [0.2, 0.25) is 0 Å². The number of fused-ring (bicyclic) bond motifs is 8. The highest BCUT2D eigenvalue weighted by molar-refractivity contribution is 9.10. The molecular formula is C34H24Br2. The standard InChI is InChI=1S/C34H24Br2/c1-33(2)25-15-19(35)7-11-21(25)31-23-9-6-18-14-28-32(22-12-8-20(36)16-26(22)34(28,3)4)24-10-5-17(13-27(31)33)29(23)30(18)24/h5-16H,1-4H3. The lowest BCUT2D eigenvalue weighted by atomic mass is 9.79. The van der Waals surface area contributed by atoms with Crippen molar-refractivity contribution in [1.82, 2.24) is 0 Å². The summed E-state index contributed by atoms with van der Waals surface area (Å²) in [7, 11) is 0. The molecule has 6 aromatic rings. The van der Waals surface area contributed by atoms with Gasteiger partial charge in [-0.25, -0.2) is 0 Å². The summed E-state index contributed by atoms with van der Waals surface area (Å²) in [6, 6.07) is 28.0. The van der Waals surface area contributed by atoms with Gasteiger partial charge in [0.2, 0.25) is 0 Å². The Morgan fingerprint density at radius 3 is 1.31 bits per heavy atom. The molecule has 2 aliphatic rings. The van der Waals surface area contributed by atoms with Gasteiger partial charge >= 0.3 is 0 Å². The first-order valence-electron chi connectivity index (χ1n) is 12.6. The summed E-state index contributed by atoms with van der Waals surface area (Å²) in [5.74, 6) is 0. The van der Waals surface area contributed by atoms with Crippen LogP contribution >= 0.6 is 31.9 Å². The summed E-state index contributed by atoms with van der Waals surface area (Å²) in [6.07, 6.45) is 0. The molecule has 0 bridgehead atoms. The van der Waals surface area contributed by atoms with E-state index >= 15 is 0 Å². The van der Waals surface area contributed by atoms with E-state index in [0.29, 0.717) is 0 Å². The number of hydrogen-bond donors (Lipinski definition) is 0. The van der Waals surface area contributed by atoms with Gasteiger partial charge in [0.25, 0.3) is 0 Å². The van der Waals surface area contributed by atoms with Crippen molar-refractivity contribution < 1.29 is 0 Å². The molecule has 0 atom stereocenters. The largest absolute Gasteiger partial charge is 0.0537 e. The highest BCUT2D eigenvalue weighted by Crippen LogP contribution is 2.57. The van der Waals surface area contributed by atoms with Gasteiger partial charge in [-0.1, -0.05) is 96.0 Å². The second kappa shape index (κ2) is 6.60. The van der Waals surface area contributed by atoms with Gasteiger partial charge < -0.3 is 0 Å². The predicted octanol–water partition coefficient (Wildman–Crippen LogP) is 10.7. The quantitative estimate of drug-likeness (QED) is 0.154. The molecule has 0 aromatic heterocycles. The van der Waals surface area contributed by atoms with Gasteiger partial charge in [0.15, 0.2) is 0 Å². The van der Waals surface area contributed by atoms with E-state index in [1.807, 2.05) is 0 Å². The third-order valence-electron chi connectivity index (χ3n) is 9.10. The molecule has 2 heteroatoms. The lowest BCUT2D eigenvalue weighted by Crippen LogP contribution is -2.15. The number of rotatable bonds is 0. The molecule has 0 spiro atoms. The molecule has 0 heterocycles. The molecule has 0 amide bonds. The first-order valence-corrected chi connectivity index (χ1v) is 14.2. The maximum Gasteiger partial charge on any atom is 0.0178 e. The second-order valence-corrected chi connectivity index (χ2v) is 13.5. The van der Waals surface area contributed by atoms with Gasteiger partial charge in [-0.15, -0.1) is 0 Å². The third-order valence-corrected chi connectivity index (χ3v) is 10.1. The molecular weight excluding hydrogens is 568 g/mol. The fourth-order valence-electron chi connectivity index (χ4n) is 7.31. The van der Waals surface area contributed by atoms with E-state index in [1.165, 1.54) is 76.8 Å². The lowest BCUT2D eigenvalue weighted by molar-refractivity contribution is 0.661. The molecule has 0 unspecified atom stereocenters. The summed E-state index contributed by atoms with van der Waals surface area (Å²) >= 11 is 7.44. The molecule has 0 N–H and O–H groups in total. The third kappa shape index (κ3) is 2.41. The topological polar surface area (TPSA) is 0 Å². The van der Waals surface area contributed by atoms with Crippen LogP contribution in [0.1, 0.15) is 49.9 Å². The van der Waals surface area contributed by atoms with Gasteiger partial charge in [-0.05, 0) is 113 Å². The molecule has 8 rings (SSSR count). The Bertz CT molecular complexity index is 1810. The Balaban J connectivity index is 1.56. The van der Waals surface area contributed by atoms with Crippen LogP contribution in [-0.2, 0) is 10.8 Å². The maximum atomic E-state index is 3.72. The minimum absolute atomic E-state index is 0.0313. The van der Waals surface area contributed by atoms with Crippen molar-refractivity contribution in [3.05, 3.63) is 104 Å². The zero-order valence-corrected chi connectivity index (χ0v) is 23.9.